The monoisotopic (exact) mass is 253 g/mol. The fourth-order valence-electron chi connectivity index (χ4n) is 3.55. The highest BCUT2D eigenvalue weighted by Gasteiger charge is 2.36. The van der Waals surface area contributed by atoms with Crippen molar-refractivity contribution in [1.82, 2.24) is 0 Å². The predicted octanol–water partition coefficient (Wildman–Crippen LogP) is 4.45. The van der Waals surface area contributed by atoms with Crippen LogP contribution in [0.3, 0.4) is 0 Å². The summed E-state index contributed by atoms with van der Waals surface area (Å²) < 4.78 is 0. The summed E-state index contributed by atoms with van der Waals surface area (Å²) in [7, 11) is 0. The third-order valence-electron chi connectivity index (χ3n) is 5.03. The molecule has 0 aliphatic heterocycles. The molecule has 2 aromatic carbocycles. The van der Waals surface area contributed by atoms with Gasteiger partial charge in [0.2, 0.25) is 0 Å². The molecule has 0 aromatic heterocycles. The minimum Gasteiger partial charge on any atom is -0.321 e. The van der Waals surface area contributed by atoms with Gasteiger partial charge in [0.05, 0.1) is 0 Å². The molecule has 2 aromatic rings. The van der Waals surface area contributed by atoms with E-state index in [0.717, 1.165) is 18.8 Å². The molecule has 0 saturated heterocycles. The van der Waals surface area contributed by atoms with Crippen molar-refractivity contribution in [2.75, 3.05) is 0 Å². The second-order valence-electron chi connectivity index (χ2n) is 6.38. The quantitative estimate of drug-likeness (QED) is 0.798. The molecule has 1 heteroatoms. The van der Waals surface area contributed by atoms with Gasteiger partial charge in [-0.1, -0.05) is 56.3 Å². The van der Waals surface area contributed by atoms with Crippen molar-refractivity contribution < 1.29 is 0 Å². The zero-order valence-electron chi connectivity index (χ0n) is 11.9. The molecule has 3 rings (SSSR count). The lowest BCUT2D eigenvalue weighted by Crippen LogP contribution is -2.43. The van der Waals surface area contributed by atoms with Crippen LogP contribution < -0.4 is 5.73 Å². The van der Waals surface area contributed by atoms with Gasteiger partial charge in [-0.15, -0.1) is 0 Å². The van der Waals surface area contributed by atoms with Crippen LogP contribution in [0.1, 0.15) is 38.7 Å². The molecule has 0 heterocycles. The maximum absolute atomic E-state index is 6.80. The average Bonchev–Trinajstić information content (AvgIpc) is 2.43. The first kappa shape index (κ1) is 12.7. The van der Waals surface area contributed by atoms with Gasteiger partial charge in [0.1, 0.15) is 0 Å². The van der Waals surface area contributed by atoms with Gasteiger partial charge >= 0.3 is 0 Å². The van der Waals surface area contributed by atoms with E-state index in [1.807, 2.05) is 0 Å². The van der Waals surface area contributed by atoms with Crippen molar-refractivity contribution in [3.63, 3.8) is 0 Å². The van der Waals surface area contributed by atoms with Crippen molar-refractivity contribution >= 4 is 10.8 Å². The number of hydrogen-bond donors (Lipinski definition) is 1. The first-order valence-corrected chi connectivity index (χ1v) is 7.37. The lowest BCUT2D eigenvalue weighted by Gasteiger charge is -2.41. The van der Waals surface area contributed by atoms with E-state index in [1.165, 1.54) is 22.8 Å². The highest BCUT2D eigenvalue weighted by Crippen LogP contribution is 2.42. The van der Waals surface area contributed by atoms with Gasteiger partial charge in [0, 0.05) is 5.54 Å². The lowest BCUT2D eigenvalue weighted by atomic mass is 9.68. The Bertz CT molecular complexity index is 584. The topological polar surface area (TPSA) is 26.0 Å². The van der Waals surface area contributed by atoms with E-state index in [-0.39, 0.29) is 5.54 Å². The molecular formula is C18H23N. The van der Waals surface area contributed by atoms with Gasteiger partial charge in [-0.2, -0.15) is 0 Å². The van der Waals surface area contributed by atoms with Crippen molar-refractivity contribution in [2.45, 2.75) is 38.6 Å². The molecular weight excluding hydrogens is 230 g/mol. The number of benzene rings is 2. The maximum Gasteiger partial charge on any atom is 0.0418 e. The molecule has 0 spiro atoms. The van der Waals surface area contributed by atoms with Gasteiger partial charge in [0.25, 0.3) is 0 Å². The van der Waals surface area contributed by atoms with Crippen LogP contribution in [0.2, 0.25) is 0 Å². The number of hydrogen-bond acceptors (Lipinski definition) is 1. The summed E-state index contributed by atoms with van der Waals surface area (Å²) in [5, 5.41) is 2.63. The first-order chi connectivity index (χ1) is 9.10. The molecule has 0 amide bonds. The molecule has 1 fully saturated rings. The summed E-state index contributed by atoms with van der Waals surface area (Å²) in [6.45, 7) is 4.70. The molecule has 1 saturated carbocycles. The fraction of sp³-hybridized carbons (Fsp3) is 0.444. The van der Waals surface area contributed by atoms with Crippen LogP contribution in [0, 0.1) is 11.8 Å². The molecule has 1 aliphatic carbocycles. The molecule has 1 nitrogen and oxygen atoms in total. The predicted molar refractivity (Wildman–Crippen MR) is 82.0 cm³/mol. The van der Waals surface area contributed by atoms with Crippen LogP contribution in [0.15, 0.2) is 42.5 Å². The molecule has 19 heavy (non-hydrogen) atoms. The van der Waals surface area contributed by atoms with Gasteiger partial charge in [0.15, 0.2) is 0 Å². The summed E-state index contributed by atoms with van der Waals surface area (Å²) in [4.78, 5) is 0. The first-order valence-electron chi connectivity index (χ1n) is 7.37. The van der Waals surface area contributed by atoms with E-state index in [2.05, 4.69) is 56.3 Å². The van der Waals surface area contributed by atoms with Crippen LogP contribution in [0.25, 0.3) is 10.8 Å². The molecule has 0 radical (unpaired) electrons. The van der Waals surface area contributed by atoms with Crippen molar-refractivity contribution in [3.8, 4) is 0 Å². The van der Waals surface area contributed by atoms with E-state index < -0.39 is 0 Å². The molecule has 3 unspecified atom stereocenters. The summed E-state index contributed by atoms with van der Waals surface area (Å²) in [5.74, 6) is 1.50. The zero-order valence-corrected chi connectivity index (χ0v) is 11.9. The Hall–Kier alpha value is -1.34. The van der Waals surface area contributed by atoms with Crippen molar-refractivity contribution in [3.05, 3.63) is 48.0 Å². The van der Waals surface area contributed by atoms with E-state index in [9.17, 15) is 0 Å². The van der Waals surface area contributed by atoms with Crippen LogP contribution in [0.5, 0.6) is 0 Å². The Kier molecular flexibility index (Phi) is 3.10. The van der Waals surface area contributed by atoms with Crippen molar-refractivity contribution in [2.24, 2.45) is 17.6 Å². The Morgan fingerprint density at radius 2 is 1.74 bits per heavy atom. The standard InChI is InChI=1S/C18H23N/c1-13-10-11-18(19,12-14(13)2)17-9-5-7-15-6-3-4-8-16(15)17/h3-9,13-14H,10-12,19H2,1-2H3. The van der Waals surface area contributed by atoms with Gasteiger partial charge < -0.3 is 5.73 Å². The SMILES string of the molecule is CC1CCC(N)(c2cccc3ccccc23)CC1C. The molecule has 0 bridgehead atoms. The number of fused-ring (bicyclic) bond motifs is 1. The molecule has 3 atom stereocenters. The van der Waals surface area contributed by atoms with Crippen LogP contribution in [-0.2, 0) is 5.54 Å². The minimum atomic E-state index is -0.146. The van der Waals surface area contributed by atoms with Crippen LogP contribution in [-0.4, -0.2) is 0 Å². The number of nitrogens with two attached hydrogens (primary N) is 1. The lowest BCUT2D eigenvalue weighted by molar-refractivity contribution is 0.178. The van der Waals surface area contributed by atoms with E-state index >= 15 is 0 Å². The molecule has 1 aliphatic rings. The highest BCUT2D eigenvalue weighted by atomic mass is 14.8. The molecule has 2 N–H and O–H groups in total. The second-order valence-corrected chi connectivity index (χ2v) is 6.38. The zero-order chi connectivity index (χ0) is 13.5. The van der Waals surface area contributed by atoms with Gasteiger partial charge in [-0.05, 0) is 47.4 Å². The van der Waals surface area contributed by atoms with Crippen LogP contribution >= 0.6 is 0 Å². The van der Waals surface area contributed by atoms with Gasteiger partial charge in [-0.3, -0.25) is 0 Å². The Morgan fingerprint density at radius 3 is 2.53 bits per heavy atom. The maximum atomic E-state index is 6.80. The third-order valence-corrected chi connectivity index (χ3v) is 5.03. The fourth-order valence-corrected chi connectivity index (χ4v) is 3.55. The van der Waals surface area contributed by atoms with Crippen LogP contribution in [0.4, 0.5) is 0 Å². The van der Waals surface area contributed by atoms with E-state index in [4.69, 9.17) is 5.73 Å². The Balaban J connectivity index is 2.09. The third kappa shape index (κ3) is 2.17. The minimum absolute atomic E-state index is 0.146. The average molecular weight is 253 g/mol. The van der Waals surface area contributed by atoms with E-state index in [1.54, 1.807) is 0 Å². The van der Waals surface area contributed by atoms with Crippen molar-refractivity contribution in [1.29, 1.82) is 0 Å². The second kappa shape index (κ2) is 4.64. The molecule has 100 valence electrons. The Labute approximate surface area is 115 Å². The summed E-state index contributed by atoms with van der Waals surface area (Å²) in [5.41, 5.74) is 7.99. The largest absolute Gasteiger partial charge is 0.321 e. The summed E-state index contributed by atoms with van der Waals surface area (Å²) in [6, 6.07) is 15.2. The van der Waals surface area contributed by atoms with Gasteiger partial charge in [-0.25, -0.2) is 0 Å². The smallest absolute Gasteiger partial charge is 0.0418 e. The Morgan fingerprint density at radius 1 is 1.00 bits per heavy atom. The highest BCUT2D eigenvalue weighted by molar-refractivity contribution is 5.86. The summed E-state index contributed by atoms with van der Waals surface area (Å²) >= 11 is 0. The summed E-state index contributed by atoms with van der Waals surface area (Å²) in [6.07, 6.45) is 3.44. The van der Waals surface area contributed by atoms with E-state index in [0.29, 0.717) is 5.92 Å². The number of rotatable bonds is 1. The normalized spacial score (nSPS) is 31.5.